The van der Waals surface area contributed by atoms with Crippen LogP contribution in [-0.2, 0) is 6.42 Å². The first kappa shape index (κ1) is 19.1. The molecule has 146 valence electrons. The molecule has 3 heterocycles. The molecule has 7 nitrogen and oxygen atoms in total. The average molecular weight is 404 g/mol. The topological polar surface area (TPSA) is 78.6 Å². The Morgan fingerprint density at radius 1 is 1.03 bits per heavy atom. The SMILES string of the molecule is CCc1cc(Sc2nnc(-c3ccccn3)n2-c2ccc(OC)cc2)nc(C)n1. The Balaban J connectivity index is 1.81. The summed E-state index contributed by atoms with van der Waals surface area (Å²) < 4.78 is 7.27. The van der Waals surface area contributed by atoms with Gasteiger partial charge in [0.15, 0.2) is 5.82 Å². The summed E-state index contributed by atoms with van der Waals surface area (Å²) in [5, 5.41) is 10.4. The number of ether oxygens (including phenoxy) is 1. The number of aromatic nitrogens is 6. The van der Waals surface area contributed by atoms with Crippen molar-refractivity contribution in [1.82, 2.24) is 29.7 Å². The van der Waals surface area contributed by atoms with E-state index in [1.54, 1.807) is 13.3 Å². The van der Waals surface area contributed by atoms with Crippen molar-refractivity contribution in [1.29, 1.82) is 0 Å². The quantitative estimate of drug-likeness (QED) is 0.447. The summed E-state index contributed by atoms with van der Waals surface area (Å²) in [6, 6.07) is 15.5. The van der Waals surface area contributed by atoms with E-state index >= 15 is 0 Å². The minimum Gasteiger partial charge on any atom is -0.497 e. The molecule has 29 heavy (non-hydrogen) atoms. The normalized spacial score (nSPS) is 10.9. The van der Waals surface area contributed by atoms with Gasteiger partial charge in [0.05, 0.1) is 12.8 Å². The van der Waals surface area contributed by atoms with Crippen LogP contribution in [0, 0.1) is 6.92 Å². The zero-order valence-corrected chi connectivity index (χ0v) is 17.2. The van der Waals surface area contributed by atoms with Crippen molar-refractivity contribution in [2.45, 2.75) is 30.5 Å². The number of aryl methyl sites for hydroxylation is 2. The molecule has 0 saturated heterocycles. The largest absolute Gasteiger partial charge is 0.497 e. The third kappa shape index (κ3) is 4.12. The molecular weight excluding hydrogens is 384 g/mol. The first-order valence-electron chi connectivity index (χ1n) is 9.21. The van der Waals surface area contributed by atoms with E-state index < -0.39 is 0 Å². The predicted molar refractivity (Wildman–Crippen MR) is 111 cm³/mol. The van der Waals surface area contributed by atoms with Crippen LogP contribution in [0.4, 0.5) is 0 Å². The number of benzene rings is 1. The fourth-order valence-electron chi connectivity index (χ4n) is 2.89. The first-order valence-corrected chi connectivity index (χ1v) is 10.0. The maximum absolute atomic E-state index is 5.29. The third-order valence-electron chi connectivity index (χ3n) is 4.28. The van der Waals surface area contributed by atoms with E-state index in [2.05, 4.69) is 32.1 Å². The smallest absolute Gasteiger partial charge is 0.202 e. The molecule has 0 aliphatic rings. The summed E-state index contributed by atoms with van der Waals surface area (Å²) in [5.74, 6) is 2.20. The minimum absolute atomic E-state index is 0.666. The number of rotatable bonds is 6. The van der Waals surface area contributed by atoms with Crippen LogP contribution >= 0.6 is 11.8 Å². The van der Waals surface area contributed by atoms with Gasteiger partial charge in [-0.25, -0.2) is 9.97 Å². The molecular formula is C21H20N6OS. The molecule has 0 N–H and O–H groups in total. The van der Waals surface area contributed by atoms with Crippen LogP contribution < -0.4 is 4.74 Å². The zero-order valence-electron chi connectivity index (χ0n) is 16.4. The summed E-state index contributed by atoms with van der Waals surface area (Å²) in [5.41, 5.74) is 2.66. The Morgan fingerprint density at radius 3 is 2.55 bits per heavy atom. The highest BCUT2D eigenvalue weighted by Gasteiger charge is 2.18. The number of methoxy groups -OCH3 is 1. The summed E-state index contributed by atoms with van der Waals surface area (Å²) in [4.78, 5) is 13.5. The van der Waals surface area contributed by atoms with Gasteiger partial charge in [-0.05, 0) is 67.6 Å². The van der Waals surface area contributed by atoms with Gasteiger partial charge in [0.1, 0.15) is 22.3 Å². The fraction of sp³-hybridized carbons (Fsp3) is 0.190. The van der Waals surface area contributed by atoms with Crippen LogP contribution in [0.15, 0.2) is 64.9 Å². The van der Waals surface area contributed by atoms with E-state index in [-0.39, 0.29) is 0 Å². The van der Waals surface area contributed by atoms with E-state index in [1.807, 2.05) is 60.0 Å². The Kier molecular flexibility index (Phi) is 5.53. The second-order valence-electron chi connectivity index (χ2n) is 6.25. The molecule has 0 aliphatic heterocycles. The first-order chi connectivity index (χ1) is 14.2. The lowest BCUT2D eigenvalue weighted by molar-refractivity contribution is 0.414. The summed E-state index contributed by atoms with van der Waals surface area (Å²) >= 11 is 1.46. The molecule has 0 aliphatic carbocycles. The molecule has 0 unspecified atom stereocenters. The van der Waals surface area contributed by atoms with Crippen molar-refractivity contribution in [2.75, 3.05) is 7.11 Å². The standard InChI is InChI=1S/C21H20N6OS/c1-4-15-13-19(24-14(2)23-15)29-21-26-25-20(18-7-5-6-12-22-18)27(21)16-8-10-17(28-3)11-9-16/h5-13H,4H2,1-3H3. The molecule has 0 radical (unpaired) electrons. The molecule has 4 aromatic rings. The van der Waals surface area contributed by atoms with Crippen molar-refractivity contribution < 1.29 is 4.74 Å². The number of nitrogens with zero attached hydrogens (tertiary/aromatic N) is 6. The lowest BCUT2D eigenvalue weighted by Gasteiger charge is -2.11. The van der Waals surface area contributed by atoms with Crippen molar-refractivity contribution in [3.8, 4) is 23.0 Å². The van der Waals surface area contributed by atoms with Gasteiger partial charge in [0.2, 0.25) is 5.16 Å². The van der Waals surface area contributed by atoms with Gasteiger partial charge in [0, 0.05) is 11.9 Å². The van der Waals surface area contributed by atoms with Crippen molar-refractivity contribution in [3.63, 3.8) is 0 Å². The van der Waals surface area contributed by atoms with Crippen LogP contribution in [-0.4, -0.2) is 36.8 Å². The van der Waals surface area contributed by atoms with E-state index in [9.17, 15) is 0 Å². The second-order valence-corrected chi connectivity index (χ2v) is 7.24. The van der Waals surface area contributed by atoms with E-state index in [4.69, 9.17) is 4.74 Å². The monoisotopic (exact) mass is 404 g/mol. The van der Waals surface area contributed by atoms with Crippen LogP contribution in [0.3, 0.4) is 0 Å². The summed E-state index contributed by atoms with van der Waals surface area (Å²) in [6.07, 6.45) is 2.60. The Morgan fingerprint density at radius 2 is 1.86 bits per heavy atom. The van der Waals surface area contributed by atoms with Gasteiger partial charge in [-0.2, -0.15) is 0 Å². The molecule has 0 fully saturated rings. The molecule has 3 aromatic heterocycles. The predicted octanol–water partition coefficient (Wildman–Crippen LogP) is 4.15. The molecule has 0 spiro atoms. The molecule has 1 aromatic carbocycles. The second kappa shape index (κ2) is 8.40. The lowest BCUT2D eigenvalue weighted by atomic mass is 10.3. The minimum atomic E-state index is 0.666. The highest BCUT2D eigenvalue weighted by Crippen LogP contribution is 2.31. The van der Waals surface area contributed by atoms with Crippen molar-refractivity contribution in [2.24, 2.45) is 0 Å². The Hall–Kier alpha value is -3.26. The van der Waals surface area contributed by atoms with Crippen LogP contribution in [0.2, 0.25) is 0 Å². The summed E-state index contributed by atoms with van der Waals surface area (Å²) in [7, 11) is 1.65. The molecule has 0 saturated carbocycles. The molecule has 4 rings (SSSR count). The van der Waals surface area contributed by atoms with Crippen LogP contribution in [0.5, 0.6) is 5.75 Å². The fourth-order valence-corrected chi connectivity index (χ4v) is 3.81. The van der Waals surface area contributed by atoms with Gasteiger partial charge in [-0.15, -0.1) is 10.2 Å². The summed E-state index contributed by atoms with van der Waals surface area (Å²) in [6.45, 7) is 3.98. The van der Waals surface area contributed by atoms with Crippen molar-refractivity contribution in [3.05, 3.63) is 66.2 Å². The van der Waals surface area contributed by atoms with Crippen LogP contribution in [0.25, 0.3) is 17.2 Å². The van der Waals surface area contributed by atoms with Crippen molar-refractivity contribution >= 4 is 11.8 Å². The Labute approximate surface area is 173 Å². The van der Waals surface area contributed by atoms with Gasteiger partial charge in [-0.1, -0.05) is 13.0 Å². The maximum Gasteiger partial charge on any atom is 0.202 e. The van der Waals surface area contributed by atoms with E-state index in [0.717, 1.165) is 40.1 Å². The number of pyridine rings is 1. The van der Waals surface area contributed by atoms with E-state index in [1.165, 1.54) is 11.8 Å². The van der Waals surface area contributed by atoms with E-state index in [0.29, 0.717) is 11.0 Å². The number of hydrogen-bond acceptors (Lipinski definition) is 7. The molecule has 0 bridgehead atoms. The Bertz CT molecular complexity index is 1110. The highest BCUT2D eigenvalue weighted by molar-refractivity contribution is 7.99. The lowest BCUT2D eigenvalue weighted by Crippen LogP contribution is -2.01. The third-order valence-corrected chi connectivity index (χ3v) is 5.15. The van der Waals surface area contributed by atoms with Gasteiger partial charge >= 0.3 is 0 Å². The maximum atomic E-state index is 5.29. The highest BCUT2D eigenvalue weighted by atomic mass is 32.2. The molecule has 0 amide bonds. The molecule has 8 heteroatoms. The van der Waals surface area contributed by atoms with Gasteiger partial charge in [0.25, 0.3) is 0 Å². The van der Waals surface area contributed by atoms with Gasteiger partial charge < -0.3 is 4.74 Å². The zero-order chi connectivity index (χ0) is 20.2. The van der Waals surface area contributed by atoms with Crippen LogP contribution in [0.1, 0.15) is 18.4 Å². The average Bonchev–Trinajstić information content (AvgIpc) is 3.17. The van der Waals surface area contributed by atoms with Gasteiger partial charge in [-0.3, -0.25) is 9.55 Å². The molecule has 0 atom stereocenters. The number of hydrogen-bond donors (Lipinski definition) is 0.